The third-order valence-electron chi connectivity index (χ3n) is 3.23. The predicted molar refractivity (Wildman–Crippen MR) is 72.6 cm³/mol. The SMILES string of the molecule is CCNC(CCC(F)F)Cc1ccc2occc2c1. The molecule has 1 heterocycles. The summed E-state index contributed by atoms with van der Waals surface area (Å²) < 4.78 is 29.9. The van der Waals surface area contributed by atoms with Gasteiger partial charge in [0.05, 0.1) is 6.26 Å². The minimum Gasteiger partial charge on any atom is -0.464 e. The Hall–Kier alpha value is -1.42. The molecule has 19 heavy (non-hydrogen) atoms. The average Bonchev–Trinajstić information content (AvgIpc) is 2.83. The molecule has 0 aliphatic rings. The molecule has 4 heteroatoms. The second-order valence-corrected chi connectivity index (χ2v) is 4.72. The lowest BCUT2D eigenvalue weighted by Crippen LogP contribution is -2.31. The van der Waals surface area contributed by atoms with E-state index in [9.17, 15) is 8.78 Å². The molecule has 0 bridgehead atoms. The summed E-state index contributed by atoms with van der Waals surface area (Å²) in [4.78, 5) is 0. The highest BCUT2D eigenvalue weighted by Crippen LogP contribution is 2.19. The van der Waals surface area contributed by atoms with Gasteiger partial charge >= 0.3 is 0 Å². The highest BCUT2D eigenvalue weighted by Gasteiger charge is 2.12. The molecule has 1 N–H and O–H groups in total. The van der Waals surface area contributed by atoms with E-state index in [1.165, 1.54) is 0 Å². The van der Waals surface area contributed by atoms with E-state index in [1.807, 2.05) is 25.1 Å². The predicted octanol–water partition coefficient (Wildman–Crippen LogP) is 4.00. The molecule has 0 amide bonds. The van der Waals surface area contributed by atoms with Gasteiger partial charge in [0, 0.05) is 17.8 Å². The second kappa shape index (κ2) is 6.66. The van der Waals surface area contributed by atoms with Crippen LogP contribution in [-0.2, 0) is 6.42 Å². The summed E-state index contributed by atoms with van der Waals surface area (Å²) in [5.41, 5.74) is 2.01. The maximum Gasteiger partial charge on any atom is 0.238 e. The summed E-state index contributed by atoms with van der Waals surface area (Å²) in [7, 11) is 0. The van der Waals surface area contributed by atoms with Crippen LogP contribution in [0.4, 0.5) is 8.78 Å². The van der Waals surface area contributed by atoms with Crippen molar-refractivity contribution in [2.75, 3.05) is 6.54 Å². The number of hydrogen-bond acceptors (Lipinski definition) is 2. The van der Waals surface area contributed by atoms with Crippen molar-refractivity contribution >= 4 is 11.0 Å². The van der Waals surface area contributed by atoms with Crippen LogP contribution >= 0.6 is 0 Å². The van der Waals surface area contributed by atoms with Gasteiger partial charge in [-0.05, 0) is 43.1 Å². The van der Waals surface area contributed by atoms with Gasteiger partial charge in [0.15, 0.2) is 0 Å². The van der Waals surface area contributed by atoms with E-state index in [-0.39, 0.29) is 12.5 Å². The van der Waals surface area contributed by atoms with E-state index in [4.69, 9.17) is 4.42 Å². The summed E-state index contributed by atoms with van der Waals surface area (Å²) in [6, 6.07) is 8.01. The zero-order chi connectivity index (χ0) is 13.7. The molecule has 0 aliphatic heterocycles. The third kappa shape index (κ3) is 4.03. The molecule has 1 atom stereocenters. The van der Waals surface area contributed by atoms with Crippen LogP contribution in [0.5, 0.6) is 0 Å². The molecule has 2 aromatic rings. The molecule has 0 spiro atoms. The van der Waals surface area contributed by atoms with Crippen LogP contribution in [-0.4, -0.2) is 19.0 Å². The molecule has 0 aliphatic carbocycles. The topological polar surface area (TPSA) is 25.2 Å². The fourth-order valence-electron chi connectivity index (χ4n) is 2.32. The maximum atomic E-state index is 12.3. The zero-order valence-electron chi connectivity index (χ0n) is 11.0. The molecule has 0 saturated carbocycles. The van der Waals surface area contributed by atoms with E-state index in [2.05, 4.69) is 11.4 Å². The van der Waals surface area contributed by atoms with Gasteiger partial charge in [-0.1, -0.05) is 13.0 Å². The lowest BCUT2D eigenvalue weighted by atomic mass is 10.0. The van der Waals surface area contributed by atoms with E-state index in [0.717, 1.165) is 29.5 Å². The Morgan fingerprint density at radius 1 is 1.21 bits per heavy atom. The van der Waals surface area contributed by atoms with Gasteiger partial charge < -0.3 is 9.73 Å². The van der Waals surface area contributed by atoms with Crippen LogP contribution in [0.25, 0.3) is 11.0 Å². The number of halogens is 2. The molecule has 1 aromatic carbocycles. The van der Waals surface area contributed by atoms with E-state index in [0.29, 0.717) is 6.42 Å². The molecular weight excluding hydrogens is 248 g/mol. The van der Waals surface area contributed by atoms with Crippen molar-refractivity contribution in [2.45, 2.75) is 38.7 Å². The third-order valence-corrected chi connectivity index (χ3v) is 3.23. The summed E-state index contributed by atoms with van der Waals surface area (Å²) in [6.07, 6.45) is 0.646. The summed E-state index contributed by atoms with van der Waals surface area (Å²) >= 11 is 0. The van der Waals surface area contributed by atoms with Crippen molar-refractivity contribution in [2.24, 2.45) is 0 Å². The molecule has 1 aromatic heterocycles. The van der Waals surface area contributed by atoms with Crippen molar-refractivity contribution in [3.8, 4) is 0 Å². The van der Waals surface area contributed by atoms with E-state index >= 15 is 0 Å². The van der Waals surface area contributed by atoms with Crippen LogP contribution in [0.3, 0.4) is 0 Å². The average molecular weight is 267 g/mol. The Morgan fingerprint density at radius 2 is 2.05 bits per heavy atom. The number of benzene rings is 1. The lowest BCUT2D eigenvalue weighted by molar-refractivity contribution is 0.130. The summed E-state index contributed by atoms with van der Waals surface area (Å²) in [5, 5.41) is 4.33. The first-order chi connectivity index (χ1) is 9.19. The van der Waals surface area contributed by atoms with Crippen LogP contribution in [0.2, 0.25) is 0 Å². The molecule has 1 unspecified atom stereocenters. The fraction of sp³-hybridized carbons (Fsp3) is 0.467. The van der Waals surface area contributed by atoms with Gasteiger partial charge in [-0.3, -0.25) is 0 Å². The normalized spacial score (nSPS) is 13.3. The quantitative estimate of drug-likeness (QED) is 0.820. The van der Waals surface area contributed by atoms with Crippen LogP contribution in [0, 0.1) is 0 Å². The smallest absolute Gasteiger partial charge is 0.238 e. The highest BCUT2D eigenvalue weighted by molar-refractivity contribution is 5.77. The number of fused-ring (bicyclic) bond motifs is 1. The van der Waals surface area contributed by atoms with Crippen molar-refractivity contribution in [3.05, 3.63) is 36.1 Å². The van der Waals surface area contributed by atoms with E-state index in [1.54, 1.807) is 6.26 Å². The van der Waals surface area contributed by atoms with Gasteiger partial charge in [-0.25, -0.2) is 8.78 Å². The van der Waals surface area contributed by atoms with Gasteiger partial charge in [-0.15, -0.1) is 0 Å². The lowest BCUT2D eigenvalue weighted by Gasteiger charge is -2.17. The number of likely N-dealkylation sites (N-methyl/N-ethyl adjacent to an activating group) is 1. The van der Waals surface area contributed by atoms with Gasteiger partial charge in [0.2, 0.25) is 6.43 Å². The molecule has 104 valence electrons. The Bertz CT molecular complexity index is 510. The maximum absolute atomic E-state index is 12.3. The minimum atomic E-state index is -2.22. The molecule has 0 fully saturated rings. The Kier molecular flexibility index (Phi) is 4.91. The Labute approximate surface area is 111 Å². The Morgan fingerprint density at radius 3 is 2.79 bits per heavy atom. The fourth-order valence-corrected chi connectivity index (χ4v) is 2.32. The molecule has 0 radical (unpaired) electrons. The van der Waals surface area contributed by atoms with Crippen LogP contribution < -0.4 is 5.32 Å². The number of nitrogens with one attached hydrogen (secondary N) is 1. The second-order valence-electron chi connectivity index (χ2n) is 4.72. The van der Waals surface area contributed by atoms with Crippen LogP contribution in [0.15, 0.2) is 34.9 Å². The standard InChI is InChI=1S/C15H19F2NO/c1-2-18-13(4-6-15(16)17)10-11-3-5-14-12(9-11)7-8-19-14/h3,5,7-9,13,15,18H,2,4,6,10H2,1H3. The van der Waals surface area contributed by atoms with Crippen molar-refractivity contribution in [3.63, 3.8) is 0 Å². The monoisotopic (exact) mass is 267 g/mol. The number of furan rings is 1. The first kappa shape index (κ1) is 14.0. The van der Waals surface area contributed by atoms with Gasteiger partial charge in [0.25, 0.3) is 0 Å². The van der Waals surface area contributed by atoms with Gasteiger partial charge in [-0.2, -0.15) is 0 Å². The first-order valence-corrected chi connectivity index (χ1v) is 6.66. The molecular formula is C15H19F2NO. The van der Waals surface area contributed by atoms with Crippen molar-refractivity contribution < 1.29 is 13.2 Å². The minimum absolute atomic E-state index is 0.0500. The number of alkyl halides is 2. The Balaban J connectivity index is 2.02. The highest BCUT2D eigenvalue weighted by atomic mass is 19.3. The zero-order valence-corrected chi connectivity index (χ0v) is 11.0. The van der Waals surface area contributed by atoms with Crippen molar-refractivity contribution in [1.29, 1.82) is 0 Å². The number of hydrogen-bond donors (Lipinski definition) is 1. The van der Waals surface area contributed by atoms with E-state index < -0.39 is 6.43 Å². The summed E-state index contributed by atoms with van der Waals surface area (Å²) in [5.74, 6) is 0. The number of rotatable bonds is 7. The summed E-state index contributed by atoms with van der Waals surface area (Å²) in [6.45, 7) is 2.79. The molecule has 2 rings (SSSR count). The molecule has 2 nitrogen and oxygen atoms in total. The van der Waals surface area contributed by atoms with Crippen molar-refractivity contribution in [1.82, 2.24) is 5.32 Å². The van der Waals surface area contributed by atoms with Crippen LogP contribution in [0.1, 0.15) is 25.3 Å². The van der Waals surface area contributed by atoms with Gasteiger partial charge in [0.1, 0.15) is 5.58 Å². The largest absolute Gasteiger partial charge is 0.464 e. The first-order valence-electron chi connectivity index (χ1n) is 6.66. The molecule has 0 saturated heterocycles.